The Morgan fingerprint density at radius 1 is 1.08 bits per heavy atom. The zero-order valence-corrected chi connectivity index (χ0v) is 14.5. The van der Waals surface area contributed by atoms with E-state index in [-0.39, 0.29) is 6.42 Å². The maximum atomic E-state index is 12.6. The summed E-state index contributed by atoms with van der Waals surface area (Å²) in [4.78, 5) is 23.7. The molecule has 0 fully saturated rings. The molecule has 7 heteroatoms. The van der Waals surface area contributed by atoms with Crippen molar-refractivity contribution < 1.29 is 24.2 Å². The minimum atomic E-state index is -1.02. The molecule has 1 amide bonds. The Morgan fingerprint density at radius 2 is 1.64 bits per heavy atom. The van der Waals surface area contributed by atoms with Gasteiger partial charge in [0.25, 0.3) is 5.91 Å². The lowest BCUT2D eigenvalue weighted by Crippen LogP contribution is -2.30. The Labute approximate surface area is 150 Å². The normalized spacial score (nSPS) is 11.5. The largest absolute Gasteiger partial charge is 0.497 e. The lowest BCUT2D eigenvalue weighted by Gasteiger charge is -2.18. The number of carboxylic acid groups (broad SMARTS) is 1. The molecule has 2 N–H and O–H groups in total. The van der Waals surface area contributed by atoms with Gasteiger partial charge in [-0.25, -0.2) is 0 Å². The van der Waals surface area contributed by atoms with Gasteiger partial charge in [-0.15, -0.1) is 0 Å². The number of carbonyl (C=O) groups is 2. The third-order valence-electron chi connectivity index (χ3n) is 3.57. The number of amides is 1. The molecule has 0 saturated heterocycles. The van der Waals surface area contributed by atoms with Gasteiger partial charge in [0.2, 0.25) is 0 Å². The number of nitrogens with one attached hydrogen (secondary N) is 1. The highest BCUT2D eigenvalue weighted by Gasteiger charge is 2.20. The zero-order valence-electron chi connectivity index (χ0n) is 13.8. The van der Waals surface area contributed by atoms with Gasteiger partial charge in [-0.2, -0.15) is 0 Å². The number of hydrogen-bond donors (Lipinski definition) is 2. The van der Waals surface area contributed by atoms with Crippen molar-refractivity contribution in [3.05, 3.63) is 58.6 Å². The van der Waals surface area contributed by atoms with Crippen molar-refractivity contribution in [1.82, 2.24) is 5.32 Å². The minimum Gasteiger partial charge on any atom is -0.497 e. The molecule has 2 aromatic carbocycles. The predicted molar refractivity (Wildman–Crippen MR) is 93.5 cm³/mol. The fourth-order valence-electron chi connectivity index (χ4n) is 2.30. The zero-order chi connectivity index (χ0) is 18.4. The lowest BCUT2D eigenvalue weighted by molar-refractivity contribution is -0.137. The highest BCUT2D eigenvalue weighted by Crippen LogP contribution is 2.24. The van der Waals surface area contributed by atoms with E-state index >= 15 is 0 Å². The van der Waals surface area contributed by atoms with Crippen molar-refractivity contribution in [2.45, 2.75) is 12.5 Å². The van der Waals surface area contributed by atoms with Gasteiger partial charge < -0.3 is 19.9 Å². The average molecular weight is 364 g/mol. The van der Waals surface area contributed by atoms with Crippen LogP contribution in [0.2, 0.25) is 5.02 Å². The molecule has 6 nitrogen and oxygen atoms in total. The highest BCUT2D eigenvalue weighted by atomic mass is 35.5. The van der Waals surface area contributed by atoms with E-state index < -0.39 is 17.9 Å². The summed E-state index contributed by atoms with van der Waals surface area (Å²) in [5, 5.41) is 12.4. The fourth-order valence-corrected chi connectivity index (χ4v) is 2.43. The number of carbonyl (C=O) groups excluding carboxylic acids is 1. The van der Waals surface area contributed by atoms with E-state index in [2.05, 4.69) is 5.32 Å². The van der Waals surface area contributed by atoms with E-state index in [1.807, 2.05) is 0 Å². The molecule has 0 unspecified atom stereocenters. The first kappa shape index (κ1) is 18.6. The molecule has 0 aliphatic carbocycles. The number of hydrogen-bond acceptors (Lipinski definition) is 4. The standard InChI is InChI=1S/C18H18ClNO5/c1-24-14-7-12(8-15(9-14)25-2)18(23)20-16(10-17(21)22)11-3-5-13(19)6-4-11/h3-9,16H,10H2,1-2H3,(H,20,23)(H,21,22)/t16-/m0/s1. The molecule has 132 valence electrons. The number of benzene rings is 2. The summed E-state index contributed by atoms with van der Waals surface area (Å²) in [5.41, 5.74) is 0.954. The third kappa shape index (κ3) is 5.12. The van der Waals surface area contributed by atoms with Crippen molar-refractivity contribution in [3.8, 4) is 11.5 Å². The summed E-state index contributed by atoms with van der Waals surface area (Å²) in [7, 11) is 2.97. The van der Waals surface area contributed by atoms with Gasteiger partial charge in [-0.05, 0) is 29.8 Å². The smallest absolute Gasteiger partial charge is 0.305 e. The lowest BCUT2D eigenvalue weighted by atomic mass is 10.0. The van der Waals surface area contributed by atoms with Crippen LogP contribution in [0.3, 0.4) is 0 Å². The quantitative estimate of drug-likeness (QED) is 0.788. The van der Waals surface area contributed by atoms with Gasteiger partial charge in [0.05, 0.1) is 26.7 Å². The van der Waals surface area contributed by atoms with Gasteiger partial charge >= 0.3 is 5.97 Å². The second-order valence-corrected chi connectivity index (χ2v) is 5.71. The average Bonchev–Trinajstić information content (AvgIpc) is 2.60. The molecule has 0 radical (unpaired) electrons. The minimum absolute atomic E-state index is 0.255. The van der Waals surface area contributed by atoms with E-state index in [4.69, 9.17) is 26.2 Å². The maximum absolute atomic E-state index is 12.6. The topological polar surface area (TPSA) is 84.9 Å². The van der Waals surface area contributed by atoms with Crippen molar-refractivity contribution in [3.63, 3.8) is 0 Å². The van der Waals surface area contributed by atoms with Crippen LogP contribution in [0.25, 0.3) is 0 Å². The molecule has 0 aromatic heterocycles. The van der Waals surface area contributed by atoms with Crippen molar-refractivity contribution >= 4 is 23.5 Å². The molecular weight excluding hydrogens is 346 g/mol. The molecule has 0 saturated carbocycles. The van der Waals surface area contributed by atoms with Gasteiger partial charge in [0.15, 0.2) is 0 Å². The number of ether oxygens (including phenoxy) is 2. The fraction of sp³-hybridized carbons (Fsp3) is 0.222. The molecule has 0 bridgehead atoms. The Morgan fingerprint density at radius 3 is 2.12 bits per heavy atom. The Kier molecular flexibility index (Phi) is 6.25. The van der Waals surface area contributed by atoms with Crippen LogP contribution in [0, 0.1) is 0 Å². The Balaban J connectivity index is 2.27. The Hall–Kier alpha value is -2.73. The number of aliphatic carboxylic acids is 1. The SMILES string of the molecule is COc1cc(OC)cc(C(=O)N[C@@H](CC(=O)O)c2ccc(Cl)cc2)c1. The highest BCUT2D eigenvalue weighted by molar-refractivity contribution is 6.30. The van der Waals surface area contributed by atoms with Crippen LogP contribution in [0.15, 0.2) is 42.5 Å². The first-order valence-electron chi connectivity index (χ1n) is 7.44. The van der Waals surface area contributed by atoms with E-state index in [0.717, 1.165) is 0 Å². The van der Waals surface area contributed by atoms with Gasteiger partial charge in [-0.3, -0.25) is 9.59 Å². The van der Waals surface area contributed by atoms with Crippen LogP contribution in [0.1, 0.15) is 28.4 Å². The first-order chi connectivity index (χ1) is 11.9. The Bertz CT molecular complexity index is 738. The van der Waals surface area contributed by atoms with Crippen LogP contribution < -0.4 is 14.8 Å². The number of carboxylic acids is 1. The number of methoxy groups -OCH3 is 2. The van der Waals surface area contributed by atoms with Crippen LogP contribution in [-0.2, 0) is 4.79 Å². The van der Waals surface area contributed by atoms with Gasteiger partial charge in [0.1, 0.15) is 11.5 Å². The van der Waals surface area contributed by atoms with Crippen molar-refractivity contribution in [1.29, 1.82) is 0 Å². The molecule has 0 spiro atoms. The molecule has 0 aliphatic heterocycles. The van der Waals surface area contributed by atoms with Crippen LogP contribution >= 0.6 is 11.6 Å². The van der Waals surface area contributed by atoms with E-state index in [0.29, 0.717) is 27.6 Å². The van der Waals surface area contributed by atoms with E-state index in [1.165, 1.54) is 14.2 Å². The van der Waals surface area contributed by atoms with Crippen LogP contribution in [0.5, 0.6) is 11.5 Å². The predicted octanol–water partition coefficient (Wildman–Crippen LogP) is 3.30. The molecule has 2 rings (SSSR count). The third-order valence-corrected chi connectivity index (χ3v) is 3.82. The first-order valence-corrected chi connectivity index (χ1v) is 7.82. The van der Waals surface area contributed by atoms with Gasteiger partial charge in [0, 0.05) is 16.7 Å². The van der Waals surface area contributed by atoms with E-state index in [1.54, 1.807) is 42.5 Å². The van der Waals surface area contributed by atoms with E-state index in [9.17, 15) is 9.59 Å². The monoisotopic (exact) mass is 363 g/mol. The molecule has 1 atom stereocenters. The summed E-state index contributed by atoms with van der Waals surface area (Å²) < 4.78 is 10.3. The van der Waals surface area contributed by atoms with Gasteiger partial charge in [-0.1, -0.05) is 23.7 Å². The number of halogens is 1. The summed E-state index contributed by atoms with van der Waals surface area (Å²) in [6.07, 6.45) is -0.255. The number of rotatable bonds is 7. The second-order valence-electron chi connectivity index (χ2n) is 5.28. The molecule has 0 aliphatic rings. The summed E-state index contributed by atoms with van der Waals surface area (Å²) >= 11 is 5.86. The summed E-state index contributed by atoms with van der Waals surface area (Å²) in [5.74, 6) is -0.529. The molecule has 25 heavy (non-hydrogen) atoms. The second kappa shape index (κ2) is 8.39. The van der Waals surface area contributed by atoms with Crippen LogP contribution in [-0.4, -0.2) is 31.2 Å². The summed E-state index contributed by atoms with van der Waals surface area (Å²) in [6.45, 7) is 0. The maximum Gasteiger partial charge on any atom is 0.305 e. The summed E-state index contributed by atoms with van der Waals surface area (Å²) in [6, 6.07) is 10.7. The van der Waals surface area contributed by atoms with Crippen LogP contribution in [0.4, 0.5) is 0 Å². The van der Waals surface area contributed by atoms with Crippen molar-refractivity contribution in [2.75, 3.05) is 14.2 Å². The molecule has 0 heterocycles. The van der Waals surface area contributed by atoms with Crippen molar-refractivity contribution in [2.24, 2.45) is 0 Å². The molecular formula is C18H18ClNO5. The molecule has 2 aromatic rings.